The fraction of sp³-hybridized carbons (Fsp3) is 0.211. The largest absolute Gasteiger partial charge is 0.365 e. The molecule has 3 heteroatoms. The zero-order valence-corrected chi connectivity index (χ0v) is 12.6. The van der Waals surface area contributed by atoms with Gasteiger partial charge in [0.2, 0.25) is 0 Å². The summed E-state index contributed by atoms with van der Waals surface area (Å²) in [5.41, 5.74) is 2.37. The number of ether oxygens (including phenoxy) is 1. The van der Waals surface area contributed by atoms with Crippen molar-refractivity contribution in [2.75, 3.05) is 0 Å². The normalized spacial score (nSPS) is 24.5. The summed E-state index contributed by atoms with van der Waals surface area (Å²) in [7, 11) is 0. The molecule has 0 bridgehead atoms. The third-order valence-corrected chi connectivity index (χ3v) is 4.15. The van der Waals surface area contributed by atoms with Crippen molar-refractivity contribution in [2.24, 2.45) is 0 Å². The SMILES string of the molecule is Cc1ccc([C@@]2(c3ccccc3)O[C@H](O)C=CC2=O)cc1C. The molecule has 3 nitrogen and oxygen atoms in total. The van der Waals surface area contributed by atoms with Gasteiger partial charge in [0, 0.05) is 0 Å². The Hall–Kier alpha value is -2.23. The fourth-order valence-electron chi connectivity index (χ4n) is 2.79. The number of aryl methyl sites for hydroxylation is 2. The van der Waals surface area contributed by atoms with E-state index < -0.39 is 11.9 Å². The number of rotatable bonds is 2. The molecule has 112 valence electrons. The second-order valence-electron chi connectivity index (χ2n) is 5.58. The molecule has 0 saturated carbocycles. The van der Waals surface area contributed by atoms with Crippen LogP contribution in [0.1, 0.15) is 22.3 Å². The number of aliphatic hydroxyl groups is 1. The van der Waals surface area contributed by atoms with Crippen LogP contribution in [0.5, 0.6) is 0 Å². The standard InChI is InChI=1S/C19H18O3/c1-13-8-9-16(12-14(13)2)19(15-6-4-3-5-7-15)17(20)10-11-18(21)22-19/h3-12,18,21H,1-2H3/t18-,19+/m0/s1. The molecule has 1 aliphatic rings. The zero-order chi connectivity index (χ0) is 15.7. The number of ketones is 1. The predicted molar refractivity (Wildman–Crippen MR) is 84.4 cm³/mol. The second-order valence-corrected chi connectivity index (χ2v) is 5.58. The molecule has 2 aromatic carbocycles. The van der Waals surface area contributed by atoms with E-state index in [1.54, 1.807) is 0 Å². The summed E-state index contributed by atoms with van der Waals surface area (Å²) in [6, 6.07) is 15.1. The maximum Gasteiger partial charge on any atom is 0.196 e. The molecule has 0 fully saturated rings. The lowest BCUT2D eigenvalue weighted by Gasteiger charge is -2.36. The molecule has 0 spiro atoms. The van der Waals surface area contributed by atoms with Crippen LogP contribution in [0.3, 0.4) is 0 Å². The summed E-state index contributed by atoms with van der Waals surface area (Å²) >= 11 is 0. The van der Waals surface area contributed by atoms with Crippen LogP contribution in [0.15, 0.2) is 60.7 Å². The highest BCUT2D eigenvalue weighted by molar-refractivity contribution is 6.01. The van der Waals surface area contributed by atoms with Gasteiger partial charge in [0.1, 0.15) is 0 Å². The van der Waals surface area contributed by atoms with Crippen molar-refractivity contribution in [2.45, 2.75) is 25.7 Å². The van der Waals surface area contributed by atoms with Crippen molar-refractivity contribution >= 4 is 5.78 Å². The van der Waals surface area contributed by atoms with E-state index in [2.05, 4.69) is 0 Å². The molecule has 0 saturated heterocycles. The Bertz CT molecular complexity index is 734. The minimum Gasteiger partial charge on any atom is -0.365 e. The van der Waals surface area contributed by atoms with Crippen molar-refractivity contribution in [3.63, 3.8) is 0 Å². The van der Waals surface area contributed by atoms with Gasteiger partial charge in [-0.15, -0.1) is 0 Å². The Morgan fingerprint density at radius 3 is 2.41 bits per heavy atom. The first-order valence-corrected chi connectivity index (χ1v) is 7.26. The number of aliphatic hydroxyl groups excluding tert-OH is 1. The predicted octanol–water partition coefficient (Wildman–Crippen LogP) is 3.02. The number of benzene rings is 2. The van der Waals surface area contributed by atoms with Crippen LogP contribution in [0, 0.1) is 13.8 Å². The monoisotopic (exact) mass is 294 g/mol. The van der Waals surface area contributed by atoms with Crippen LogP contribution in [-0.4, -0.2) is 17.2 Å². The summed E-state index contributed by atoms with van der Waals surface area (Å²) in [6.45, 7) is 4.02. The van der Waals surface area contributed by atoms with E-state index in [9.17, 15) is 9.90 Å². The van der Waals surface area contributed by atoms with Crippen molar-refractivity contribution < 1.29 is 14.6 Å². The molecule has 0 aromatic heterocycles. The number of hydrogen-bond acceptors (Lipinski definition) is 3. The van der Waals surface area contributed by atoms with E-state index in [1.807, 2.05) is 62.4 Å². The lowest BCUT2D eigenvalue weighted by molar-refractivity contribution is -0.170. The molecular formula is C19H18O3. The van der Waals surface area contributed by atoms with Gasteiger partial charge in [-0.1, -0.05) is 48.5 Å². The van der Waals surface area contributed by atoms with Crippen LogP contribution in [-0.2, 0) is 15.1 Å². The molecule has 3 rings (SSSR count). The molecule has 0 radical (unpaired) electrons. The molecule has 0 unspecified atom stereocenters. The van der Waals surface area contributed by atoms with Crippen molar-refractivity contribution in [1.29, 1.82) is 0 Å². The molecule has 22 heavy (non-hydrogen) atoms. The molecular weight excluding hydrogens is 276 g/mol. The highest BCUT2D eigenvalue weighted by Gasteiger charge is 2.45. The smallest absolute Gasteiger partial charge is 0.196 e. The van der Waals surface area contributed by atoms with Crippen LogP contribution < -0.4 is 0 Å². The molecule has 2 atom stereocenters. The highest BCUT2D eigenvalue weighted by Crippen LogP contribution is 2.39. The summed E-state index contributed by atoms with van der Waals surface area (Å²) in [6.07, 6.45) is 1.65. The lowest BCUT2D eigenvalue weighted by Crippen LogP contribution is -2.44. The molecule has 1 N–H and O–H groups in total. The third-order valence-electron chi connectivity index (χ3n) is 4.15. The summed E-state index contributed by atoms with van der Waals surface area (Å²) < 4.78 is 5.77. The van der Waals surface area contributed by atoms with E-state index in [1.165, 1.54) is 12.2 Å². The number of hydrogen-bond donors (Lipinski definition) is 1. The van der Waals surface area contributed by atoms with Gasteiger partial charge >= 0.3 is 0 Å². The first kappa shape index (κ1) is 14.7. The molecule has 0 aliphatic carbocycles. The van der Waals surface area contributed by atoms with Crippen LogP contribution >= 0.6 is 0 Å². The van der Waals surface area contributed by atoms with Gasteiger partial charge in [-0.2, -0.15) is 0 Å². The first-order chi connectivity index (χ1) is 10.5. The van der Waals surface area contributed by atoms with Gasteiger partial charge in [-0.3, -0.25) is 4.79 Å². The Kier molecular flexibility index (Phi) is 3.69. The van der Waals surface area contributed by atoms with Crippen LogP contribution in [0.2, 0.25) is 0 Å². The fourth-order valence-corrected chi connectivity index (χ4v) is 2.79. The van der Waals surface area contributed by atoms with Crippen LogP contribution in [0.25, 0.3) is 0 Å². The van der Waals surface area contributed by atoms with Crippen molar-refractivity contribution in [3.8, 4) is 0 Å². The van der Waals surface area contributed by atoms with E-state index in [4.69, 9.17) is 4.74 Å². The maximum absolute atomic E-state index is 12.7. The molecule has 0 amide bonds. The van der Waals surface area contributed by atoms with Gasteiger partial charge in [0.05, 0.1) is 0 Å². The van der Waals surface area contributed by atoms with Gasteiger partial charge < -0.3 is 9.84 Å². The van der Waals surface area contributed by atoms with E-state index in [0.29, 0.717) is 5.56 Å². The topological polar surface area (TPSA) is 46.5 Å². The Morgan fingerprint density at radius 2 is 1.73 bits per heavy atom. The minimum atomic E-state index is -1.30. The van der Waals surface area contributed by atoms with E-state index in [-0.39, 0.29) is 5.78 Å². The maximum atomic E-state index is 12.7. The third kappa shape index (κ3) is 2.28. The average molecular weight is 294 g/mol. The molecule has 1 heterocycles. The lowest BCUT2D eigenvalue weighted by atomic mass is 9.80. The van der Waals surface area contributed by atoms with E-state index in [0.717, 1.165) is 16.7 Å². The average Bonchev–Trinajstić information content (AvgIpc) is 2.53. The Labute approximate surface area is 129 Å². The van der Waals surface area contributed by atoms with Gasteiger partial charge in [0.15, 0.2) is 17.7 Å². The summed E-state index contributed by atoms with van der Waals surface area (Å²) in [5.74, 6) is -0.188. The Balaban J connectivity index is 2.26. The summed E-state index contributed by atoms with van der Waals surface area (Å²) in [4.78, 5) is 12.7. The van der Waals surface area contributed by atoms with Crippen LogP contribution in [0.4, 0.5) is 0 Å². The molecule has 1 aliphatic heterocycles. The number of carbonyl (C=O) groups is 1. The number of carbonyl (C=O) groups excluding carboxylic acids is 1. The quantitative estimate of drug-likeness (QED) is 0.926. The first-order valence-electron chi connectivity index (χ1n) is 7.26. The van der Waals surface area contributed by atoms with Gasteiger partial charge in [-0.25, -0.2) is 0 Å². The zero-order valence-electron chi connectivity index (χ0n) is 12.6. The Morgan fingerprint density at radius 1 is 1.00 bits per heavy atom. The van der Waals surface area contributed by atoms with Crippen molar-refractivity contribution in [3.05, 3.63) is 82.9 Å². The van der Waals surface area contributed by atoms with Crippen molar-refractivity contribution in [1.82, 2.24) is 0 Å². The summed E-state index contributed by atoms with van der Waals surface area (Å²) in [5, 5.41) is 9.95. The second kappa shape index (κ2) is 5.52. The van der Waals surface area contributed by atoms with Gasteiger partial charge in [-0.05, 0) is 48.3 Å². The van der Waals surface area contributed by atoms with Gasteiger partial charge in [0.25, 0.3) is 0 Å². The van der Waals surface area contributed by atoms with E-state index >= 15 is 0 Å². The molecule has 2 aromatic rings. The highest BCUT2D eigenvalue weighted by atomic mass is 16.6. The minimum absolute atomic E-state index is 0.188.